The Labute approximate surface area is 229 Å². The molecule has 2 N–H and O–H groups in total. The van der Waals surface area contributed by atoms with Crippen molar-refractivity contribution < 1.29 is 53.1 Å². The molecule has 1 aliphatic heterocycles. The zero-order valence-corrected chi connectivity index (χ0v) is 22.5. The number of phenols is 1. The summed E-state index contributed by atoms with van der Waals surface area (Å²) in [6.07, 6.45) is -5.72. The van der Waals surface area contributed by atoms with Crippen LogP contribution >= 0.6 is 11.6 Å². The van der Waals surface area contributed by atoms with Gasteiger partial charge < -0.3 is 33.9 Å². The first-order valence-corrected chi connectivity index (χ1v) is 12.3. The van der Waals surface area contributed by atoms with Crippen molar-refractivity contribution in [2.24, 2.45) is 0 Å². The maximum atomic E-state index is 12.1. The SMILES string of the molecule is CC(=O)OC[C@H]1O[C@](O)(c2ccc(Cl)c(Cc3ccc(O)cc3)c2)[C@H](OC(C)=O)[C@@H](OC(C)=O)[C@@H]1OC(C)=O. The molecule has 0 aromatic heterocycles. The summed E-state index contributed by atoms with van der Waals surface area (Å²) in [4.78, 5) is 47.7. The third-order valence-corrected chi connectivity index (χ3v) is 6.21. The molecule has 39 heavy (non-hydrogen) atoms. The number of carbonyl (C=O) groups excluding carboxylic acids is 4. The Balaban J connectivity index is 2.14. The van der Waals surface area contributed by atoms with E-state index in [0.717, 1.165) is 33.3 Å². The number of carbonyl (C=O) groups is 4. The molecule has 0 radical (unpaired) electrons. The third-order valence-electron chi connectivity index (χ3n) is 5.84. The lowest BCUT2D eigenvalue weighted by molar-refractivity contribution is -0.360. The quantitative estimate of drug-likeness (QED) is 0.359. The molecule has 0 saturated carbocycles. The van der Waals surface area contributed by atoms with Gasteiger partial charge in [0, 0.05) is 38.3 Å². The molecule has 12 heteroatoms. The summed E-state index contributed by atoms with van der Waals surface area (Å²) in [7, 11) is 0. The molecule has 0 aliphatic carbocycles. The molecule has 1 fully saturated rings. The highest BCUT2D eigenvalue weighted by Crippen LogP contribution is 2.42. The zero-order valence-electron chi connectivity index (χ0n) is 21.7. The largest absolute Gasteiger partial charge is 0.508 e. The number of hydrogen-bond acceptors (Lipinski definition) is 11. The van der Waals surface area contributed by atoms with E-state index in [-0.39, 0.29) is 11.3 Å². The smallest absolute Gasteiger partial charge is 0.303 e. The van der Waals surface area contributed by atoms with Gasteiger partial charge in [-0.3, -0.25) is 19.2 Å². The number of hydrogen-bond donors (Lipinski definition) is 2. The molecule has 2 aromatic carbocycles. The summed E-state index contributed by atoms with van der Waals surface area (Å²) in [5.41, 5.74) is 1.40. The molecule has 1 heterocycles. The standard InChI is InChI=1S/C27H29ClO11/c1-14(29)35-13-23-24(36-15(2)30)25(37-16(3)31)26(38-17(4)32)27(34,39-23)20-7-10-22(28)19(12-20)11-18-5-8-21(33)9-6-18/h5-10,12,23-26,33-34H,11,13H2,1-4H3/t23-,24-,25+,26-,27-/m1/s1. The van der Waals surface area contributed by atoms with Crippen LogP contribution in [0.2, 0.25) is 5.02 Å². The van der Waals surface area contributed by atoms with Crippen LogP contribution in [0.25, 0.3) is 0 Å². The van der Waals surface area contributed by atoms with Gasteiger partial charge in [0.25, 0.3) is 0 Å². The van der Waals surface area contributed by atoms with Crippen molar-refractivity contribution in [1.29, 1.82) is 0 Å². The van der Waals surface area contributed by atoms with Crippen LogP contribution in [0.5, 0.6) is 5.75 Å². The third kappa shape index (κ3) is 7.47. The van der Waals surface area contributed by atoms with Crippen molar-refractivity contribution in [1.82, 2.24) is 0 Å². The van der Waals surface area contributed by atoms with Gasteiger partial charge in [0.15, 0.2) is 12.2 Å². The van der Waals surface area contributed by atoms with E-state index in [1.807, 2.05) is 0 Å². The number of phenolic OH excluding ortho intramolecular Hbond substituents is 1. The maximum Gasteiger partial charge on any atom is 0.303 e. The highest BCUT2D eigenvalue weighted by molar-refractivity contribution is 6.31. The molecule has 0 spiro atoms. The molecule has 11 nitrogen and oxygen atoms in total. The molecule has 0 bridgehead atoms. The van der Waals surface area contributed by atoms with Crippen LogP contribution in [0.4, 0.5) is 0 Å². The number of aromatic hydroxyl groups is 1. The fraction of sp³-hybridized carbons (Fsp3) is 0.407. The lowest BCUT2D eigenvalue weighted by Crippen LogP contribution is -2.66. The summed E-state index contributed by atoms with van der Waals surface area (Å²) in [5, 5.41) is 21.9. The Bertz CT molecular complexity index is 1230. The number of benzene rings is 2. The zero-order chi connectivity index (χ0) is 28.9. The summed E-state index contributed by atoms with van der Waals surface area (Å²) in [6.45, 7) is 3.92. The van der Waals surface area contributed by atoms with Crippen molar-refractivity contribution in [3.63, 3.8) is 0 Å². The van der Waals surface area contributed by atoms with Gasteiger partial charge in [-0.25, -0.2) is 0 Å². The fourth-order valence-corrected chi connectivity index (χ4v) is 4.46. The van der Waals surface area contributed by atoms with Gasteiger partial charge in [-0.15, -0.1) is 0 Å². The van der Waals surface area contributed by atoms with Gasteiger partial charge >= 0.3 is 23.9 Å². The van der Waals surface area contributed by atoms with Crippen molar-refractivity contribution >= 4 is 35.5 Å². The normalized spacial score (nSPS) is 24.4. The molecule has 0 unspecified atom stereocenters. The minimum atomic E-state index is -2.47. The number of esters is 4. The Kier molecular flexibility index (Phi) is 9.54. The number of aliphatic hydroxyl groups is 1. The molecular formula is C27H29ClO11. The number of ether oxygens (including phenoxy) is 5. The first kappa shape index (κ1) is 29.9. The van der Waals surface area contributed by atoms with Crippen LogP contribution in [0, 0.1) is 0 Å². The van der Waals surface area contributed by atoms with Gasteiger partial charge in [-0.1, -0.05) is 29.8 Å². The summed E-state index contributed by atoms with van der Waals surface area (Å²) in [6, 6.07) is 10.9. The average Bonchev–Trinajstić information content (AvgIpc) is 2.84. The van der Waals surface area contributed by atoms with Gasteiger partial charge in [0.05, 0.1) is 0 Å². The predicted octanol–water partition coefficient (Wildman–Crippen LogP) is 2.54. The van der Waals surface area contributed by atoms with Crippen molar-refractivity contribution in [3.05, 3.63) is 64.2 Å². The Hall–Kier alpha value is -3.67. The maximum absolute atomic E-state index is 12.1. The van der Waals surface area contributed by atoms with Gasteiger partial charge in [0.1, 0.15) is 18.5 Å². The molecule has 1 saturated heterocycles. The van der Waals surface area contributed by atoms with Gasteiger partial charge in [-0.2, -0.15) is 0 Å². The molecule has 0 amide bonds. The molecule has 3 rings (SSSR count). The van der Waals surface area contributed by atoms with Crippen LogP contribution in [0.15, 0.2) is 42.5 Å². The second-order valence-corrected chi connectivity index (χ2v) is 9.39. The summed E-state index contributed by atoms with van der Waals surface area (Å²) >= 11 is 6.43. The number of halogens is 1. The van der Waals surface area contributed by atoms with Crippen LogP contribution < -0.4 is 0 Å². The Morgan fingerprint density at radius 3 is 2.03 bits per heavy atom. The van der Waals surface area contributed by atoms with E-state index < -0.39 is 60.7 Å². The van der Waals surface area contributed by atoms with Crippen molar-refractivity contribution in [2.75, 3.05) is 6.61 Å². The van der Waals surface area contributed by atoms with E-state index in [2.05, 4.69) is 0 Å². The lowest BCUT2D eigenvalue weighted by Gasteiger charge is -2.48. The van der Waals surface area contributed by atoms with E-state index in [4.69, 9.17) is 35.3 Å². The Morgan fingerprint density at radius 2 is 1.46 bits per heavy atom. The number of rotatable bonds is 8. The fourth-order valence-electron chi connectivity index (χ4n) is 4.28. The lowest BCUT2D eigenvalue weighted by atomic mass is 9.86. The van der Waals surface area contributed by atoms with E-state index in [9.17, 15) is 29.4 Å². The first-order chi connectivity index (χ1) is 18.3. The minimum Gasteiger partial charge on any atom is -0.508 e. The second-order valence-electron chi connectivity index (χ2n) is 8.98. The first-order valence-electron chi connectivity index (χ1n) is 11.9. The van der Waals surface area contributed by atoms with Crippen molar-refractivity contribution in [2.45, 2.75) is 64.3 Å². The van der Waals surface area contributed by atoms with Gasteiger partial charge in [0.2, 0.25) is 11.9 Å². The van der Waals surface area contributed by atoms with Crippen LogP contribution in [0.1, 0.15) is 44.4 Å². The Morgan fingerprint density at radius 1 is 0.872 bits per heavy atom. The van der Waals surface area contributed by atoms with E-state index in [1.165, 1.54) is 30.3 Å². The molecule has 2 aromatic rings. The molecule has 5 atom stereocenters. The molecule has 1 aliphatic rings. The highest BCUT2D eigenvalue weighted by Gasteiger charge is 2.60. The van der Waals surface area contributed by atoms with E-state index in [1.54, 1.807) is 12.1 Å². The van der Waals surface area contributed by atoms with Gasteiger partial charge in [-0.05, 0) is 41.8 Å². The molecule has 210 valence electrons. The van der Waals surface area contributed by atoms with E-state index in [0.29, 0.717) is 17.0 Å². The van der Waals surface area contributed by atoms with Crippen LogP contribution in [-0.2, 0) is 55.1 Å². The highest BCUT2D eigenvalue weighted by atomic mass is 35.5. The summed E-state index contributed by atoms with van der Waals surface area (Å²) in [5.74, 6) is -5.53. The van der Waals surface area contributed by atoms with Crippen LogP contribution in [0.3, 0.4) is 0 Å². The van der Waals surface area contributed by atoms with Crippen molar-refractivity contribution in [3.8, 4) is 5.75 Å². The van der Waals surface area contributed by atoms with E-state index >= 15 is 0 Å². The topological polar surface area (TPSA) is 155 Å². The van der Waals surface area contributed by atoms with Crippen LogP contribution in [-0.4, -0.2) is 65.1 Å². The average molecular weight is 565 g/mol. The second kappa shape index (κ2) is 12.5. The monoisotopic (exact) mass is 564 g/mol. The minimum absolute atomic E-state index is 0.0678. The molecular weight excluding hydrogens is 536 g/mol. The predicted molar refractivity (Wildman–Crippen MR) is 134 cm³/mol. The summed E-state index contributed by atoms with van der Waals surface area (Å²) < 4.78 is 27.2.